The lowest BCUT2D eigenvalue weighted by Gasteiger charge is -2.20. The van der Waals surface area contributed by atoms with Crippen LogP contribution in [0.2, 0.25) is 0 Å². The van der Waals surface area contributed by atoms with Gasteiger partial charge in [0.1, 0.15) is 6.04 Å². The van der Waals surface area contributed by atoms with Crippen molar-refractivity contribution in [3.8, 4) is 0 Å². The highest BCUT2D eigenvalue weighted by atomic mass is 32.1. The number of nitrogens with one attached hydrogen (secondary N) is 1. The molecule has 0 aliphatic rings. The highest BCUT2D eigenvalue weighted by Gasteiger charge is 2.17. The Hall–Kier alpha value is -1.62. The SMILES string of the molecule is CCN(C)C(=O)C(C)Nc1nc2ccc(C)cc2s1. The number of nitrogens with zero attached hydrogens (tertiary/aromatic N) is 2. The summed E-state index contributed by atoms with van der Waals surface area (Å²) in [6.07, 6.45) is 0. The van der Waals surface area contributed by atoms with Gasteiger partial charge in [0.05, 0.1) is 10.2 Å². The van der Waals surface area contributed by atoms with Crippen LogP contribution in [-0.4, -0.2) is 35.4 Å². The normalized spacial score (nSPS) is 12.4. The number of rotatable bonds is 4. The minimum atomic E-state index is -0.258. The lowest BCUT2D eigenvalue weighted by Crippen LogP contribution is -2.38. The van der Waals surface area contributed by atoms with Gasteiger partial charge >= 0.3 is 0 Å². The van der Waals surface area contributed by atoms with Crippen molar-refractivity contribution < 1.29 is 4.79 Å². The summed E-state index contributed by atoms with van der Waals surface area (Å²) >= 11 is 1.58. The van der Waals surface area contributed by atoms with Crippen LogP contribution >= 0.6 is 11.3 Å². The van der Waals surface area contributed by atoms with E-state index < -0.39 is 0 Å². The molecule has 0 bridgehead atoms. The van der Waals surface area contributed by atoms with E-state index in [1.165, 1.54) is 5.56 Å². The number of benzene rings is 1. The standard InChI is InChI=1S/C14H19N3OS/c1-5-17(4)13(18)10(3)15-14-16-11-7-6-9(2)8-12(11)19-14/h6-8,10H,5H2,1-4H3,(H,15,16). The number of carbonyl (C=O) groups excluding carboxylic acids is 1. The van der Waals surface area contributed by atoms with Crippen molar-refractivity contribution in [3.63, 3.8) is 0 Å². The molecule has 2 aromatic rings. The number of likely N-dealkylation sites (N-methyl/N-ethyl adjacent to an activating group) is 1. The molecule has 4 nitrogen and oxygen atoms in total. The number of hydrogen-bond donors (Lipinski definition) is 1. The third-order valence-electron chi connectivity index (χ3n) is 3.10. The topological polar surface area (TPSA) is 45.2 Å². The van der Waals surface area contributed by atoms with Crippen molar-refractivity contribution in [2.24, 2.45) is 0 Å². The fourth-order valence-corrected chi connectivity index (χ4v) is 2.88. The molecule has 5 heteroatoms. The molecular weight excluding hydrogens is 258 g/mol. The van der Waals surface area contributed by atoms with Crippen LogP contribution < -0.4 is 5.32 Å². The van der Waals surface area contributed by atoms with E-state index in [-0.39, 0.29) is 11.9 Å². The zero-order valence-electron chi connectivity index (χ0n) is 11.7. The van der Waals surface area contributed by atoms with E-state index >= 15 is 0 Å². The van der Waals surface area contributed by atoms with Crippen LogP contribution in [0, 0.1) is 6.92 Å². The maximum absolute atomic E-state index is 12.0. The highest BCUT2D eigenvalue weighted by Crippen LogP contribution is 2.27. The molecule has 1 amide bonds. The van der Waals surface area contributed by atoms with Gasteiger partial charge in [0.15, 0.2) is 5.13 Å². The van der Waals surface area contributed by atoms with E-state index in [2.05, 4.69) is 23.3 Å². The maximum Gasteiger partial charge on any atom is 0.244 e. The van der Waals surface area contributed by atoms with Gasteiger partial charge in [0.2, 0.25) is 5.91 Å². The Labute approximate surface area is 117 Å². The average Bonchev–Trinajstić information content (AvgIpc) is 2.77. The second-order valence-corrected chi connectivity index (χ2v) is 5.74. The van der Waals surface area contributed by atoms with E-state index in [0.717, 1.165) is 15.3 Å². The first-order valence-electron chi connectivity index (χ1n) is 6.40. The van der Waals surface area contributed by atoms with Crippen LogP contribution in [0.25, 0.3) is 10.2 Å². The fourth-order valence-electron chi connectivity index (χ4n) is 1.83. The molecule has 0 fully saturated rings. The number of aryl methyl sites for hydroxylation is 1. The minimum absolute atomic E-state index is 0.0814. The van der Waals surface area contributed by atoms with E-state index in [0.29, 0.717) is 6.54 Å². The Morgan fingerprint density at radius 2 is 2.26 bits per heavy atom. The summed E-state index contributed by atoms with van der Waals surface area (Å²) < 4.78 is 1.14. The smallest absolute Gasteiger partial charge is 0.244 e. The molecule has 0 aliphatic heterocycles. The van der Waals surface area contributed by atoms with Gasteiger partial charge in [-0.05, 0) is 38.5 Å². The molecule has 0 aliphatic carbocycles. The Kier molecular flexibility index (Phi) is 4.04. The Bertz CT molecular complexity index is 593. The molecule has 2 rings (SSSR count). The van der Waals surface area contributed by atoms with Gasteiger partial charge in [-0.25, -0.2) is 4.98 Å². The van der Waals surface area contributed by atoms with Gasteiger partial charge in [0, 0.05) is 13.6 Å². The van der Waals surface area contributed by atoms with Gasteiger partial charge in [-0.1, -0.05) is 17.4 Å². The molecule has 19 heavy (non-hydrogen) atoms. The summed E-state index contributed by atoms with van der Waals surface area (Å²) in [5.74, 6) is 0.0814. The number of thiazole rings is 1. The lowest BCUT2D eigenvalue weighted by atomic mass is 10.2. The van der Waals surface area contributed by atoms with Crippen molar-refractivity contribution >= 4 is 32.6 Å². The van der Waals surface area contributed by atoms with Crippen molar-refractivity contribution in [2.45, 2.75) is 26.8 Å². The van der Waals surface area contributed by atoms with E-state index in [9.17, 15) is 4.79 Å². The molecular formula is C14H19N3OS. The average molecular weight is 277 g/mol. The molecule has 1 atom stereocenters. The lowest BCUT2D eigenvalue weighted by molar-refractivity contribution is -0.130. The third-order valence-corrected chi connectivity index (χ3v) is 4.05. The van der Waals surface area contributed by atoms with Crippen LogP contribution in [0.3, 0.4) is 0 Å². The van der Waals surface area contributed by atoms with Crippen LogP contribution in [0.15, 0.2) is 18.2 Å². The summed E-state index contributed by atoms with van der Waals surface area (Å²) in [4.78, 5) is 18.2. The summed E-state index contributed by atoms with van der Waals surface area (Å²) in [5.41, 5.74) is 2.19. The van der Waals surface area contributed by atoms with Gasteiger partial charge in [-0.15, -0.1) is 0 Å². The Morgan fingerprint density at radius 3 is 2.95 bits per heavy atom. The minimum Gasteiger partial charge on any atom is -0.350 e. The van der Waals surface area contributed by atoms with Crippen LogP contribution in [0.4, 0.5) is 5.13 Å². The number of anilines is 1. The summed E-state index contributed by atoms with van der Waals surface area (Å²) in [6.45, 7) is 6.61. The van der Waals surface area contributed by atoms with Crippen LogP contribution in [0.1, 0.15) is 19.4 Å². The Balaban J connectivity index is 2.15. The molecule has 1 N–H and O–H groups in total. The highest BCUT2D eigenvalue weighted by molar-refractivity contribution is 7.22. The predicted octanol–water partition coefficient (Wildman–Crippen LogP) is 2.88. The van der Waals surface area contributed by atoms with E-state index in [4.69, 9.17) is 0 Å². The van der Waals surface area contributed by atoms with E-state index in [1.807, 2.05) is 33.0 Å². The number of hydrogen-bond acceptors (Lipinski definition) is 4. The number of fused-ring (bicyclic) bond motifs is 1. The van der Waals surface area contributed by atoms with Crippen molar-refractivity contribution in [1.82, 2.24) is 9.88 Å². The van der Waals surface area contributed by atoms with Crippen molar-refractivity contribution in [1.29, 1.82) is 0 Å². The fraction of sp³-hybridized carbons (Fsp3) is 0.429. The van der Waals surface area contributed by atoms with E-state index in [1.54, 1.807) is 16.2 Å². The molecule has 0 saturated carbocycles. The molecule has 1 aromatic carbocycles. The summed E-state index contributed by atoms with van der Waals surface area (Å²) in [6, 6.07) is 5.91. The zero-order chi connectivity index (χ0) is 14.0. The van der Waals surface area contributed by atoms with Crippen LogP contribution in [-0.2, 0) is 4.79 Å². The van der Waals surface area contributed by atoms with Gasteiger partial charge in [-0.3, -0.25) is 4.79 Å². The van der Waals surface area contributed by atoms with Gasteiger partial charge in [-0.2, -0.15) is 0 Å². The largest absolute Gasteiger partial charge is 0.350 e. The zero-order valence-corrected chi connectivity index (χ0v) is 12.5. The predicted molar refractivity (Wildman–Crippen MR) is 80.8 cm³/mol. The quantitative estimate of drug-likeness (QED) is 0.934. The summed E-state index contributed by atoms with van der Waals surface area (Å²) in [5, 5.41) is 3.98. The monoisotopic (exact) mass is 277 g/mol. The molecule has 1 aromatic heterocycles. The third kappa shape index (κ3) is 3.04. The molecule has 0 spiro atoms. The molecule has 0 saturated heterocycles. The first-order chi connectivity index (χ1) is 9.01. The second kappa shape index (κ2) is 5.57. The van der Waals surface area contributed by atoms with Crippen molar-refractivity contribution in [3.05, 3.63) is 23.8 Å². The summed E-state index contributed by atoms with van der Waals surface area (Å²) in [7, 11) is 1.81. The first-order valence-corrected chi connectivity index (χ1v) is 7.21. The molecule has 1 unspecified atom stereocenters. The van der Waals surface area contributed by atoms with Gasteiger partial charge < -0.3 is 10.2 Å². The second-order valence-electron chi connectivity index (χ2n) is 4.71. The maximum atomic E-state index is 12.0. The molecule has 102 valence electrons. The number of amides is 1. The van der Waals surface area contributed by atoms with Crippen LogP contribution in [0.5, 0.6) is 0 Å². The van der Waals surface area contributed by atoms with Gasteiger partial charge in [0.25, 0.3) is 0 Å². The number of aromatic nitrogens is 1. The molecule has 1 heterocycles. The van der Waals surface area contributed by atoms with Crippen molar-refractivity contribution in [2.75, 3.05) is 18.9 Å². The Morgan fingerprint density at radius 1 is 1.53 bits per heavy atom. The first kappa shape index (κ1) is 13.8. The molecule has 0 radical (unpaired) electrons. The number of carbonyl (C=O) groups is 1.